The number of Topliss-reactive ketones (excluding diaryl/α,β-unsaturated/α-hetero) is 1. The first-order valence-corrected chi connectivity index (χ1v) is 12.8. The molecular weight excluding hydrogens is 494 g/mol. The van der Waals surface area contributed by atoms with Crippen LogP contribution < -0.4 is 9.47 Å². The third kappa shape index (κ3) is 5.57. The molecule has 0 radical (unpaired) electrons. The molecule has 1 unspecified atom stereocenters. The molecule has 39 heavy (non-hydrogen) atoms. The quantitative estimate of drug-likeness (QED) is 0.160. The molecule has 4 aromatic rings. The monoisotopic (exact) mass is 523 g/mol. The van der Waals surface area contributed by atoms with Crippen LogP contribution in [0.5, 0.6) is 11.5 Å². The highest BCUT2D eigenvalue weighted by atomic mass is 16.5. The molecular formula is C32H29NO6. The number of amides is 1. The predicted octanol–water partition coefficient (Wildman–Crippen LogP) is 6.19. The van der Waals surface area contributed by atoms with Crippen molar-refractivity contribution in [2.45, 2.75) is 33.0 Å². The Morgan fingerprint density at radius 1 is 0.923 bits per heavy atom. The van der Waals surface area contributed by atoms with Gasteiger partial charge in [0.15, 0.2) is 0 Å². The maximum atomic E-state index is 13.3. The fraction of sp³-hybridized carbons (Fsp3) is 0.188. The number of furan rings is 1. The number of ether oxygens (including phenoxy) is 2. The number of aliphatic hydroxyl groups is 1. The van der Waals surface area contributed by atoms with E-state index in [4.69, 9.17) is 13.9 Å². The van der Waals surface area contributed by atoms with Gasteiger partial charge in [-0.3, -0.25) is 9.59 Å². The molecule has 7 heteroatoms. The largest absolute Gasteiger partial charge is 0.507 e. The van der Waals surface area contributed by atoms with E-state index in [1.807, 2.05) is 32.0 Å². The van der Waals surface area contributed by atoms with E-state index in [9.17, 15) is 14.7 Å². The third-order valence-corrected chi connectivity index (χ3v) is 6.57. The van der Waals surface area contributed by atoms with Crippen LogP contribution in [0.15, 0.2) is 101 Å². The summed E-state index contributed by atoms with van der Waals surface area (Å²) in [5.74, 6) is 0.116. The Kier molecular flexibility index (Phi) is 7.50. The number of carbonyl (C=O) groups excluding carboxylic acids is 2. The van der Waals surface area contributed by atoms with Crippen molar-refractivity contribution in [1.82, 2.24) is 4.90 Å². The van der Waals surface area contributed by atoms with Crippen molar-refractivity contribution < 1.29 is 28.6 Å². The zero-order chi connectivity index (χ0) is 27.4. The van der Waals surface area contributed by atoms with Crippen molar-refractivity contribution in [1.29, 1.82) is 0 Å². The van der Waals surface area contributed by atoms with Crippen LogP contribution in [0.1, 0.15) is 41.0 Å². The summed E-state index contributed by atoms with van der Waals surface area (Å²) >= 11 is 0. The Labute approximate surface area is 226 Å². The molecule has 198 valence electrons. The molecule has 1 N–H and O–H groups in total. The van der Waals surface area contributed by atoms with Crippen LogP contribution in [0.4, 0.5) is 0 Å². The maximum absolute atomic E-state index is 13.3. The Balaban J connectivity index is 1.46. The van der Waals surface area contributed by atoms with E-state index in [-0.39, 0.29) is 17.9 Å². The van der Waals surface area contributed by atoms with Gasteiger partial charge in [0.05, 0.1) is 31.0 Å². The lowest BCUT2D eigenvalue weighted by molar-refractivity contribution is -0.140. The summed E-state index contributed by atoms with van der Waals surface area (Å²) in [5.41, 5.74) is 3.30. The van der Waals surface area contributed by atoms with E-state index in [0.717, 1.165) is 11.1 Å². The van der Waals surface area contributed by atoms with Crippen LogP contribution in [0, 0.1) is 6.92 Å². The summed E-state index contributed by atoms with van der Waals surface area (Å²) in [5, 5.41) is 11.3. The summed E-state index contributed by atoms with van der Waals surface area (Å²) in [6.07, 6.45) is 1.51. The van der Waals surface area contributed by atoms with Gasteiger partial charge in [0.25, 0.3) is 11.7 Å². The van der Waals surface area contributed by atoms with Crippen LogP contribution in [0.25, 0.3) is 5.76 Å². The van der Waals surface area contributed by atoms with Gasteiger partial charge in [0.2, 0.25) is 0 Å². The van der Waals surface area contributed by atoms with Crippen LogP contribution in [-0.2, 0) is 22.7 Å². The van der Waals surface area contributed by atoms with Crippen LogP contribution in [0.2, 0.25) is 0 Å². The molecule has 1 amide bonds. The Morgan fingerprint density at radius 3 is 2.31 bits per heavy atom. The first kappa shape index (κ1) is 25.9. The number of hydrogen-bond acceptors (Lipinski definition) is 6. The second kappa shape index (κ2) is 11.3. The minimum atomic E-state index is -0.803. The summed E-state index contributed by atoms with van der Waals surface area (Å²) in [7, 11) is 0. The SMILES string of the molecule is CCOc1ccc(C2C(=C(O)c3ccc(OCc4cccc(C)c4)cc3)C(=O)C(=O)N2Cc2ccco2)cc1. The number of aliphatic hydroxyl groups excluding tert-OH is 1. The molecule has 0 spiro atoms. The summed E-state index contributed by atoms with van der Waals surface area (Å²) in [6.45, 7) is 4.92. The van der Waals surface area contributed by atoms with E-state index in [1.54, 1.807) is 60.7 Å². The first-order valence-electron chi connectivity index (χ1n) is 12.8. The lowest BCUT2D eigenvalue weighted by Gasteiger charge is -2.24. The lowest BCUT2D eigenvalue weighted by atomic mass is 9.95. The van der Waals surface area contributed by atoms with Crippen molar-refractivity contribution in [2.24, 2.45) is 0 Å². The number of hydrogen-bond donors (Lipinski definition) is 1. The summed E-state index contributed by atoms with van der Waals surface area (Å²) in [6, 6.07) is 24.7. The average molecular weight is 524 g/mol. The van der Waals surface area contributed by atoms with Crippen molar-refractivity contribution in [3.63, 3.8) is 0 Å². The standard InChI is InChI=1S/C32H29NO6/c1-3-37-25-13-9-23(10-14-25)29-28(31(35)32(36)33(29)19-27-8-5-17-38-27)30(34)24-11-15-26(16-12-24)39-20-22-7-4-6-21(2)18-22/h4-18,29,34H,3,19-20H2,1-2H3. The number of carbonyl (C=O) groups is 2. The van der Waals surface area contributed by atoms with Gasteiger partial charge in [-0.1, -0.05) is 42.0 Å². The average Bonchev–Trinajstić information content (AvgIpc) is 3.55. The second-order valence-corrected chi connectivity index (χ2v) is 9.31. The molecule has 1 saturated heterocycles. The fourth-order valence-electron chi connectivity index (χ4n) is 4.71. The maximum Gasteiger partial charge on any atom is 0.296 e. The van der Waals surface area contributed by atoms with Crippen LogP contribution in [0.3, 0.4) is 0 Å². The van der Waals surface area contributed by atoms with Gasteiger partial charge in [-0.15, -0.1) is 0 Å². The summed E-state index contributed by atoms with van der Waals surface area (Å²) < 4.78 is 16.9. The van der Waals surface area contributed by atoms with Crippen LogP contribution in [-0.4, -0.2) is 28.3 Å². The fourth-order valence-corrected chi connectivity index (χ4v) is 4.71. The Bertz CT molecular complexity index is 1490. The van der Waals surface area contributed by atoms with Gasteiger partial charge in [0.1, 0.15) is 29.6 Å². The van der Waals surface area contributed by atoms with Gasteiger partial charge >= 0.3 is 0 Å². The first-order chi connectivity index (χ1) is 18.9. The second-order valence-electron chi connectivity index (χ2n) is 9.31. The minimum absolute atomic E-state index is 0.0177. The molecule has 0 aliphatic carbocycles. The van der Waals surface area contributed by atoms with Crippen molar-refractivity contribution >= 4 is 17.4 Å². The van der Waals surface area contributed by atoms with E-state index >= 15 is 0 Å². The topological polar surface area (TPSA) is 89.2 Å². The number of aryl methyl sites for hydroxylation is 1. The molecule has 5 rings (SSSR count). The zero-order valence-electron chi connectivity index (χ0n) is 21.8. The highest BCUT2D eigenvalue weighted by molar-refractivity contribution is 6.46. The van der Waals surface area contributed by atoms with Crippen molar-refractivity contribution in [2.75, 3.05) is 6.61 Å². The number of likely N-dealkylation sites (tertiary alicyclic amines) is 1. The van der Waals surface area contributed by atoms with Crippen molar-refractivity contribution in [3.05, 3.63) is 125 Å². The molecule has 1 aliphatic heterocycles. The molecule has 2 heterocycles. The Hall–Kier alpha value is -4.78. The number of rotatable bonds is 9. The van der Waals surface area contributed by atoms with Gasteiger partial charge in [-0.25, -0.2) is 0 Å². The minimum Gasteiger partial charge on any atom is -0.507 e. The van der Waals surface area contributed by atoms with E-state index in [1.165, 1.54) is 11.2 Å². The van der Waals surface area contributed by atoms with E-state index in [0.29, 0.717) is 41.6 Å². The molecule has 7 nitrogen and oxygen atoms in total. The lowest BCUT2D eigenvalue weighted by Crippen LogP contribution is -2.29. The molecule has 1 atom stereocenters. The number of ketones is 1. The molecule has 0 bridgehead atoms. The smallest absolute Gasteiger partial charge is 0.296 e. The van der Waals surface area contributed by atoms with E-state index < -0.39 is 17.7 Å². The highest BCUT2D eigenvalue weighted by Gasteiger charge is 2.46. The predicted molar refractivity (Wildman–Crippen MR) is 146 cm³/mol. The van der Waals surface area contributed by atoms with Crippen LogP contribution >= 0.6 is 0 Å². The van der Waals surface area contributed by atoms with Crippen molar-refractivity contribution in [3.8, 4) is 11.5 Å². The van der Waals surface area contributed by atoms with E-state index in [2.05, 4.69) is 6.07 Å². The van der Waals surface area contributed by atoms with Gasteiger partial charge in [-0.05, 0) is 73.5 Å². The highest BCUT2D eigenvalue weighted by Crippen LogP contribution is 2.41. The molecule has 1 fully saturated rings. The molecule has 1 aliphatic rings. The molecule has 0 saturated carbocycles. The zero-order valence-corrected chi connectivity index (χ0v) is 21.8. The molecule has 3 aromatic carbocycles. The van der Waals surface area contributed by atoms with Gasteiger partial charge in [0, 0.05) is 5.56 Å². The van der Waals surface area contributed by atoms with Gasteiger partial charge in [-0.2, -0.15) is 0 Å². The summed E-state index contributed by atoms with van der Waals surface area (Å²) in [4.78, 5) is 27.9. The van der Waals surface area contributed by atoms with Gasteiger partial charge < -0.3 is 23.9 Å². The number of benzene rings is 3. The number of nitrogens with zero attached hydrogens (tertiary/aromatic N) is 1. The normalized spacial score (nSPS) is 16.5. The molecule has 1 aromatic heterocycles. The third-order valence-electron chi connectivity index (χ3n) is 6.57. The Morgan fingerprint density at radius 2 is 1.64 bits per heavy atom.